The molecule has 3 heteroatoms. The van der Waals surface area contributed by atoms with Gasteiger partial charge in [-0.1, -0.05) is 31.4 Å². The predicted octanol–water partition coefficient (Wildman–Crippen LogP) is 2.88. The van der Waals surface area contributed by atoms with Gasteiger partial charge in [-0.25, -0.2) is 0 Å². The second-order valence-electron chi connectivity index (χ2n) is 3.31. The van der Waals surface area contributed by atoms with Crippen molar-refractivity contribution in [2.45, 2.75) is 0 Å². The van der Waals surface area contributed by atoms with E-state index in [1.807, 2.05) is 0 Å². The lowest BCUT2D eigenvalue weighted by atomic mass is 10.2. The molecule has 0 spiro atoms. The number of aromatic hydroxyl groups is 1. The number of ether oxygens (including phenoxy) is 1. The summed E-state index contributed by atoms with van der Waals surface area (Å²) in [6.07, 6.45) is 5.68. The normalized spacial score (nSPS) is 10.7. The molecule has 0 radical (unpaired) electrons. The lowest BCUT2D eigenvalue weighted by Crippen LogP contribution is -1.99. The number of hydrogen-bond donors (Lipinski definition) is 1. The van der Waals surface area contributed by atoms with E-state index in [9.17, 15) is 9.90 Å². The smallest absolute Gasteiger partial charge is 0.153 e. The lowest BCUT2D eigenvalue weighted by Gasteiger charge is -2.07. The number of hydrogen-bond acceptors (Lipinski definition) is 3. The molecule has 0 saturated heterocycles. The molecule has 0 unspecified atom stereocenters. The van der Waals surface area contributed by atoms with Gasteiger partial charge in [0.05, 0.1) is 5.56 Å². The number of phenols is 1. The fourth-order valence-corrected chi connectivity index (χ4v) is 1.21. The Bertz CT molecular complexity index is 459. The molecule has 1 aromatic rings. The van der Waals surface area contributed by atoms with E-state index in [2.05, 4.69) is 13.2 Å². The standard InChI is InChI=1S/C14H14O3/c1-3-5-11(4-2)10-17-13-6-7-14(16)12(8-13)9-15/h3-9,16H,1-2,10H2/b11-5+. The second-order valence-corrected chi connectivity index (χ2v) is 3.31. The molecule has 0 aliphatic rings. The van der Waals surface area contributed by atoms with Gasteiger partial charge in [-0.05, 0) is 23.8 Å². The van der Waals surface area contributed by atoms with Crippen LogP contribution >= 0.6 is 0 Å². The Morgan fingerprint density at radius 3 is 2.76 bits per heavy atom. The van der Waals surface area contributed by atoms with Gasteiger partial charge in [0, 0.05) is 0 Å². The van der Waals surface area contributed by atoms with Gasteiger partial charge in [-0.15, -0.1) is 0 Å². The Balaban J connectivity index is 2.75. The van der Waals surface area contributed by atoms with Crippen LogP contribution in [0.1, 0.15) is 10.4 Å². The first-order valence-electron chi connectivity index (χ1n) is 5.06. The molecule has 1 rings (SSSR count). The maximum absolute atomic E-state index is 10.6. The van der Waals surface area contributed by atoms with Crippen molar-refractivity contribution in [3.63, 3.8) is 0 Å². The Hall–Kier alpha value is -2.29. The van der Waals surface area contributed by atoms with Crippen molar-refractivity contribution >= 4 is 6.29 Å². The minimum atomic E-state index is -0.0575. The van der Waals surface area contributed by atoms with Crippen LogP contribution < -0.4 is 4.74 Å². The molecule has 0 aromatic heterocycles. The molecule has 0 fully saturated rings. The van der Waals surface area contributed by atoms with E-state index in [1.165, 1.54) is 12.1 Å². The number of allylic oxidation sites excluding steroid dienone is 2. The zero-order chi connectivity index (χ0) is 12.7. The fraction of sp³-hybridized carbons (Fsp3) is 0.0714. The SMILES string of the molecule is C=C/C=C(\C=C)COc1ccc(O)c(C=O)c1. The van der Waals surface area contributed by atoms with Crippen molar-refractivity contribution < 1.29 is 14.6 Å². The summed E-state index contributed by atoms with van der Waals surface area (Å²) in [5, 5.41) is 9.32. The summed E-state index contributed by atoms with van der Waals surface area (Å²) in [4.78, 5) is 10.6. The Labute approximate surface area is 100 Å². The molecular weight excluding hydrogens is 216 g/mol. The van der Waals surface area contributed by atoms with Gasteiger partial charge >= 0.3 is 0 Å². The highest BCUT2D eigenvalue weighted by Crippen LogP contribution is 2.21. The van der Waals surface area contributed by atoms with Crippen molar-refractivity contribution in [2.75, 3.05) is 6.61 Å². The van der Waals surface area contributed by atoms with Gasteiger partial charge in [-0.3, -0.25) is 4.79 Å². The van der Waals surface area contributed by atoms with E-state index < -0.39 is 0 Å². The average Bonchev–Trinajstić information content (AvgIpc) is 2.36. The summed E-state index contributed by atoms with van der Waals surface area (Å²) < 4.78 is 5.45. The van der Waals surface area contributed by atoms with E-state index in [0.717, 1.165) is 5.57 Å². The van der Waals surface area contributed by atoms with Crippen LogP contribution in [0.3, 0.4) is 0 Å². The highest BCUT2D eigenvalue weighted by atomic mass is 16.5. The van der Waals surface area contributed by atoms with Crippen LogP contribution in [0.5, 0.6) is 11.5 Å². The highest BCUT2D eigenvalue weighted by Gasteiger charge is 2.02. The van der Waals surface area contributed by atoms with Crippen molar-refractivity contribution in [2.24, 2.45) is 0 Å². The molecule has 0 aliphatic carbocycles. The first-order valence-corrected chi connectivity index (χ1v) is 5.06. The van der Waals surface area contributed by atoms with Gasteiger partial charge in [0.1, 0.15) is 18.1 Å². The summed E-state index contributed by atoms with van der Waals surface area (Å²) in [7, 11) is 0. The average molecular weight is 230 g/mol. The lowest BCUT2D eigenvalue weighted by molar-refractivity contribution is 0.112. The molecule has 0 saturated carbocycles. The minimum absolute atomic E-state index is 0.0575. The van der Waals surface area contributed by atoms with Crippen LogP contribution in [0.2, 0.25) is 0 Å². The predicted molar refractivity (Wildman–Crippen MR) is 67.5 cm³/mol. The fourth-order valence-electron chi connectivity index (χ4n) is 1.21. The third-order valence-electron chi connectivity index (χ3n) is 2.13. The molecule has 0 heterocycles. The summed E-state index contributed by atoms with van der Waals surface area (Å²) in [5.74, 6) is 0.458. The van der Waals surface area contributed by atoms with Crippen molar-refractivity contribution in [1.82, 2.24) is 0 Å². The third-order valence-corrected chi connectivity index (χ3v) is 2.13. The van der Waals surface area contributed by atoms with E-state index in [0.29, 0.717) is 18.6 Å². The van der Waals surface area contributed by atoms with E-state index in [4.69, 9.17) is 4.74 Å². The minimum Gasteiger partial charge on any atom is -0.507 e. The molecule has 1 N–H and O–H groups in total. The molecule has 0 aliphatic heterocycles. The van der Waals surface area contributed by atoms with E-state index in [1.54, 1.807) is 24.3 Å². The molecule has 88 valence electrons. The van der Waals surface area contributed by atoms with Crippen molar-refractivity contribution in [3.05, 3.63) is 60.7 Å². The third kappa shape index (κ3) is 3.65. The first-order chi connectivity index (χ1) is 8.21. The molecular formula is C14H14O3. The number of carbonyl (C=O) groups is 1. The topological polar surface area (TPSA) is 46.5 Å². The summed E-state index contributed by atoms with van der Waals surface area (Å²) in [6, 6.07) is 4.50. The van der Waals surface area contributed by atoms with Crippen molar-refractivity contribution in [3.8, 4) is 11.5 Å². The Kier molecular flexibility index (Phi) is 4.76. The van der Waals surface area contributed by atoms with Crippen LogP contribution in [0.15, 0.2) is 55.2 Å². The van der Waals surface area contributed by atoms with E-state index >= 15 is 0 Å². The van der Waals surface area contributed by atoms with E-state index in [-0.39, 0.29) is 11.3 Å². The molecule has 1 aromatic carbocycles. The molecule has 17 heavy (non-hydrogen) atoms. The maximum Gasteiger partial charge on any atom is 0.153 e. The molecule has 3 nitrogen and oxygen atoms in total. The summed E-state index contributed by atoms with van der Waals surface area (Å²) in [5.41, 5.74) is 1.08. The summed E-state index contributed by atoms with van der Waals surface area (Å²) in [6.45, 7) is 7.56. The quantitative estimate of drug-likeness (QED) is 0.603. The number of aldehydes is 1. The summed E-state index contributed by atoms with van der Waals surface area (Å²) >= 11 is 0. The number of rotatable bonds is 6. The zero-order valence-electron chi connectivity index (χ0n) is 9.43. The van der Waals surface area contributed by atoms with Crippen LogP contribution in [-0.4, -0.2) is 18.0 Å². The second kappa shape index (κ2) is 6.33. The van der Waals surface area contributed by atoms with Crippen LogP contribution in [0, 0.1) is 0 Å². The van der Waals surface area contributed by atoms with Gasteiger partial charge < -0.3 is 9.84 Å². The number of phenolic OH excluding ortho intramolecular Hbond substituents is 1. The monoisotopic (exact) mass is 230 g/mol. The largest absolute Gasteiger partial charge is 0.507 e. The van der Waals surface area contributed by atoms with Crippen LogP contribution in [0.4, 0.5) is 0 Å². The highest BCUT2D eigenvalue weighted by molar-refractivity contribution is 5.79. The number of benzene rings is 1. The van der Waals surface area contributed by atoms with Crippen LogP contribution in [0.25, 0.3) is 0 Å². The van der Waals surface area contributed by atoms with Gasteiger partial charge in [0.2, 0.25) is 0 Å². The first kappa shape index (κ1) is 12.8. The maximum atomic E-state index is 10.6. The zero-order valence-corrected chi connectivity index (χ0v) is 9.43. The molecule has 0 atom stereocenters. The van der Waals surface area contributed by atoms with Crippen LogP contribution in [-0.2, 0) is 0 Å². The molecule has 0 amide bonds. The van der Waals surface area contributed by atoms with Gasteiger partial charge in [0.25, 0.3) is 0 Å². The van der Waals surface area contributed by atoms with Crippen molar-refractivity contribution in [1.29, 1.82) is 0 Å². The number of carbonyl (C=O) groups excluding carboxylic acids is 1. The Morgan fingerprint density at radius 2 is 2.18 bits per heavy atom. The van der Waals surface area contributed by atoms with Gasteiger partial charge in [-0.2, -0.15) is 0 Å². The Morgan fingerprint density at radius 1 is 1.41 bits per heavy atom. The molecule has 0 bridgehead atoms. The van der Waals surface area contributed by atoms with Gasteiger partial charge in [0.15, 0.2) is 6.29 Å².